The van der Waals surface area contributed by atoms with Crippen LogP contribution in [0.4, 0.5) is 0 Å². The van der Waals surface area contributed by atoms with Crippen LogP contribution in [0.15, 0.2) is 94.7 Å². The number of hydrogen-bond donors (Lipinski definition) is 4. The van der Waals surface area contributed by atoms with Crippen LogP contribution in [0.25, 0.3) is 0 Å². The summed E-state index contributed by atoms with van der Waals surface area (Å²) in [4.78, 5) is 24.5. The van der Waals surface area contributed by atoms with Crippen LogP contribution in [0.2, 0.25) is 0 Å². The summed E-state index contributed by atoms with van der Waals surface area (Å²) in [6.07, 6.45) is 65.1. The van der Waals surface area contributed by atoms with Crippen LogP contribution in [-0.4, -0.2) is 55.4 Å². The third-order valence-electron chi connectivity index (χ3n) is 38.3. The third kappa shape index (κ3) is 26.2. The van der Waals surface area contributed by atoms with E-state index in [1.807, 2.05) is 0 Å². The average molecular weight is 1650 g/mol. The van der Waals surface area contributed by atoms with Crippen LogP contribution in [0.1, 0.15) is 455 Å². The normalized spacial score (nSPS) is 34.7. The van der Waals surface area contributed by atoms with Crippen molar-refractivity contribution >= 4 is 11.6 Å². The van der Waals surface area contributed by atoms with Gasteiger partial charge in [0, 0.05) is 24.7 Å². The summed E-state index contributed by atoms with van der Waals surface area (Å²) in [5.41, 5.74) is 12.9. The molecule has 4 N–H and O–H groups in total. The number of rotatable bonds is 30. The van der Waals surface area contributed by atoms with Crippen molar-refractivity contribution in [3.05, 3.63) is 94.7 Å². The van der Waals surface area contributed by atoms with E-state index < -0.39 is 23.4 Å². The molecule has 0 heterocycles. The molecule has 0 aromatic rings. The molecule has 0 radical (unpaired) electrons. The minimum absolute atomic E-state index is 0.264. The number of fused-ring (bicyclic) bond motifs is 4. The fraction of sp³-hybridized carbons (Fsp3) is 0.841. The highest BCUT2D eigenvalue weighted by Gasteiger charge is 2.56. The summed E-state index contributed by atoms with van der Waals surface area (Å²) in [7, 11) is 0. The van der Waals surface area contributed by atoms with E-state index in [4.69, 9.17) is 0 Å². The third-order valence-corrected chi connectivity index (χ3v) is 38.3. The van der Waals surface area contributed by atoms with Crippen molar-refractivity contribution in [3.63, 3.8) is 0 Å². The first-order valence-corrected chi connectivity index (χ1v) is 51.5. The van der Waals surface area contributed by atoms with Gasteiger partial charge in [0.05, 0.1) is 23.4 Å². The Morgan fingerprint density at radius 1 is 0.378 bits per heavy atom. The van der Waals surface area contributed by atoms with E-state index >= 15 is 0 Å². The minimum atomic E-state index is -0.616. The first-order valence-electron chi connectivity index (χ1n) is 51.5. The highest BCUT2D eigenvalue weighted by Crippen LogP contribution is 2.63. The number of Topliss-reactive ketones (excluding diaryl/α,β-unsaturated/α-hetero) is 2. The van der Waals surface area contributed by atoms with Crippen molar-refractivity contribution in [2.24, 2.45) is 127 Å². The van der Waals surface area contributed by atoms with Gasteiger partial charge in [0.25, 0.3) is 0 Å². The lowest BCUT2D eigenvalue weighted by Gasteiger charge is -2.44. The molecular weight excluding hydrogens is 1450 g/mol. The van der Waals surface area contributed by atoms with E-state index in [0.717, 1.165) is 125 Å². The van der Waals surface area contributed by atoms with Crippen LogP contribution in [-0.2, 0) is 9.59 Å². The van der Waals surface area contributed by atoms with Gasteiger partial charge in [-0.1, -0.05) is 319 Å². The topological polar surface area (TPSA) is 115 Å². The predicted octanol–water partition coefficient (Wildman–Crippen LogP) is 31.9. The zero-order chi connectivity index (χ0) is 88.2. The summed E-state index contributed by atoms with van der Waals surface area (Å²) < 4.78 is 0. The molecule has 0 aromatic heterocycles. The summed E-state index contributed by atoms with van der Waals surface area (Å²) in [6, 6.07) is 0. The molecule has 6 unspecified atom stereocenters. The molecule has 0 aromatic carbocycles. The Hall–Kier alpha value is -2.90. The van der Waals surface area contributed by atoms with Crippen molar-refractivity contribution in [1.82, 2.24) is 0 Å². The van der Waals surface area contributed by atoms with Crippen molar-refractivity contribution in [2.45, 2.75) is 478 Å². The Kier molecular flexibility index (Phi) is 40.1. The van der Waals surface area contributed by atoms with Crippen LogP contribution in [0.5, 0.6) is 0 Å². The highest BCUT2D eigenvalue weighted by molar-refractivity contribution is 5.83. The fourth-order valence-corrected chi connectivity index (χ4v) is 27.9. The van der Waals surface area contributed by atoms with Gasteiger partial charge < -0.3 is 20.4 Å². The Bertz CT molecular complexity index is 3100. The number of allylic oxidation sites excluding steroid dienone is 11. The first kappa shape index (κ1) is 103. The number of aliphatic hydroxyl groups is 4. The largest absolute Gasteiger partial charge is 0.390 e. The van der Waals surface area contributed by atoms with Crippen LogP contribution < -0.4 is 0 Å². The summed E-state index contributed by atoms with van der Waals surface area (Å²) in [5, 5.41) is 41.4. The Balaban J connectivity index is 0.000000212. The molecule has 0 amide bonds. The van der Waals surface area contributed by atoms with Gasteiger partial charge in [0.2, 0.25) is 0 Å². The molecule has 119 heavy (non-hydrogen) atoms. The number of carbonyl (C=O) groups excluding carboxylic acids is 2. The Morgan fingerprint density at radius 2 is 0.647 bits per heavy atom. The van der Waals surface area contributed by atoms with Gasteiger partial charge in [-0.3, -0.25) is 9.59 Å². The zero-order valence-corrected chi connectivity index (χ0v) is 82.5. The molecule has 0 saturated heterocycles. The summed E-state index contributed by atoms with van der Waals surface area (Å²) in [5.74, 6) is 12.3. The van der Waals surface area contributed by atoms with E-state index in [9.17, 15) is 30.0 Å². The number of carbonyl (C=O) groups is 2. The number of hydrogen-bond acceptors (Lipinski definition) is 6. The average Bonchev–Trinajstić information content (AvgIpc) is 1.63. The van der Waals surface area contributed by atoms with E-state index in [1.54, 1.807) is 22.3 Å². The quantitative estimate of drug-likeness (QED) is 0.0533. The Labute approximate surface area is 737 Å². The zero-order valence-electron chi connectivity index (χ0n) is 82.5. The van der Waals surface area contributed by atoms with Crippen molar-refractivity contribution in [3.8, 4) is 0 Å². The summed E-state index contributed by atoms with van der Waals surface area (Å²) in [6.45, 7) is 66.4. The maximum atomic E-state index is 12.3. The molecule has 6 nitrogen and oxygen atoms in total. The smallest absolute Gasteiger partial charge is 0.136 e. The molecule has 6 heteroatoms. The minimum Gasteiger partial charge on any atom is -0.390 e. The molecule has 11 saturated carbocycles. The molecule has 0 spiro atoms. The second kappa shape index (κ2) is 46.2. The van der Waals surface area contributed by atoms with E-state index in [1.165, 1.54) is 210 Å². The highest BCUT2D eigenvalue weighted by atomic mass is 16.3. The van der Waals surface area contributed by atoms with Gasteiger partial charge >= 0.3 is 0 Å². The molecule has 0 bridgehead atoms. The van der Waals surface area contributed by atoms with Gasteiger partial charge in [-0.05, 0) is 333 Å². The van der Waals surface area contributed by atoms with Crippen LogP contribution in [0, 0.1) is 127 Å². The molecule has 22 atom stereocenters. The molecule has 0 aliphatic heterocycles. The van der Waals surface area contributed by atoms with Crippen molar-refractivity contribution < 1.29 is 30.0 Å². The number of aliphatic hydroxyl groups excluding tert-OH is 2. The maximum absolute atomic E-state index is 12.3. The fourth-order valence-electron chi connectivity index (χ4n) is 27.9. The monoisotopic (exact) mass is 1650 g/mol. The van der Waals surface area contributed by atoms with Gasteiger partial charge in [0.1, 0.15) is 11.6 Å². The maximum Gasteiger partial charge on any atom is 0.136 e. The van der Waals surface area contributed by atoms with Gasteiger partial charge in [-0.15, -0.1) is 0 Å². The van der Waals surface area contributed by atoms with E-state index in [2.05, 4.69) is 209 Å². The first-order chi connectivity index (χ1) is 56.1. The molecule has 11 rings (SSSR count). The lowest BCUT2D eigenvalue weighted by molar-refractivity contribution is -0.131. The van der Waals surface area contributed by atoms with Gasteiger partial charge in [0.15, 0.2) is 0 Å². The predicted molar refractivity (Wildman–Crippen MR) is 513 cm³/mol. The van der Waals surface area contributed by atoms with E-state index in [0.29, 0.717) is 116 Å². The Morgan fingerprint density at radius 3 is 0.941 bits per heavy atom. The second-order valence-electron chi connectivity index (χ2n) is 45.4. The lowest BCUT2D eigenvalue weighted by Crippen LogP contribution is -2.39. The van der Waals surface area contributed by atoms with Crippen molar-refractivity contribution in [2.75, 3.05) is 0 Å². The van der Waals surface area contributed by atoms with Gasteiger partial charge in [-0.2, -0.15) is 0 Å². The molecule has 11 aliphatic rings. The molecule has 682 valence electrons. The van der Waals surface area contributed by atoms with Crippen LogP contribution in [0.3, 0.4) is 0 Å². The molecular formula is C113H194O6. The molecule has 11 aliphatic carbocycles. The summed E-state index contributed by atoms with van der Waals surface area (Å²) >= 11 is 0. The standard InChI is InChI=1S/C32H54.C29H48O3.C21H38O.C20H36O2.C11H18/c1-9-31(7,10-2)19-11-13-23(3)29-17-18-30-28(14-12-20-32(29,30)8)16-15-27-21-24(4)26(6)25(5)22-27;1-6-29(32,7-2)17-8-10-20(3)24-14-15-25-23(11-9-16-28(24,25)5)13-12-22-18-26(30)21(4)27(31)19-22;1-6-20(4,7-2)14-8-10-16(3)17-12-13-18-19(22)11-9-15-21(17,18)5;1-5-20(22,6-2)14-7-9-15(3)16-11-12-17-18(21)10-8-13-19(16,17)4;1-5-11-6-8(2)10(4)9(3)7-11/h15-16,23-25,29-30H,6,9-14,17-22H2,1-5,7-8H3;12-13,20,24-27,30-32H,4,6-11,14-19H2,1-3,5H3;16-18H,6-15H2,1-5H3;15-17,22H,5-14H2,1-4H3;5,8-9H,4,6-7H2,1-3H3/b28-16+;23-13+;;;/t23-,24+,25+,29?,30?,32+;20-,24?,25?,26+,27+,28+;16-,17?,18-,21+;15-,16?,17-,19+;8-,9-/m00001/s1. The SMILES string of the molecule is C=C1[C@H](C)CC(=C/C=C2\CCC[C@@]3(C)C2CCC3[C@@H](C)CCCC(C)(CC)CC)C[C@H]1C.C=C1[C@H](C)CC(=CC)C[C@H]1C.C=C1[C@H](O)CC(=C/C=C2\CCC[C@@]3(C)C2CCC3[C@@H](C)CCCC(O)(CC)CC)C[C@H]1O.CCC(C)(CC)CCC[C@H](C)C1CC[C@H]2C(=O)CCC[C@]12C.CCC(O)(CC)CCC[C@H](C)C1CC[C@H]2C(=O)CCC[C@]12C. The lowest BCUT2D eigenvalue weighted by atomic mass is 9.60. The molecule has 11 fully saturated rings. The number of ketones is 2. The second-order valence-corrected chi connectivity index (χ2v) is 45.4. The van der Waals surface area contributed by atoms with Gasteiger partial charge in [-0.25, -0.2) is 0 Å². The van der Waals surface area contributed by atoms with E-state index in [-0.39, 0.29) is 5.41 Å². The van der Waals surface area contributed by atoms with Crippen LogP contribution >= 0.6 is 0 Å². The van der Waals surface area contributed by atoms with Crippen molar-refractivity contribution in [1.29, 1.82) is 0 Å².